The van der Waals surface area contributed by atoms with Crippen LogP contribution in [0.1, 0.15) is 23.6 Å². The van der Waals surface area contributed by atoms with Crippen LogP contribution in [0.4, 0.5) is 0 Å². The lowest BCUT2D eigenvalue weighted by atomic mass is 10.1. The third-order valence-corrected chi connectivity index (χ3v) is 7.27. The van der Waals surface area contributed by atoms with E-state index in [9.17, 15) is 0 Å². The number of hydrogen-bond acceptors (Lipinski definition) is 4. The Morgan fingerprint density at radius 2 is 1.63 bits per heavy atom. The molecule has 0 radical (unpaired) electrons. The number of ether oxygens (including phenoxy) is 1. The molecule has 2 heterocycles. The molecule has 9 heteroatoms. The summed E-state index contributed by atoms with van der Waals surface area (Å²) in [6.07, 6.45) is 2.97. The molecule has 0 amide bonds. The molecule has 35 heavy (non-hydrogen) atoms. The second-order valence-electron chi connectivity index (χ2n) is 8.57. The first-order valence-corrected chi connectivity index (χ1v) is 12.7. The molecule has 5 nitrogen and oxygen atoms in total. The van der Waals surface area contributed by atoms with Gasteiger partial charge in [0.25, 0.3) is 0 Å². The van der Waals surface area contributed by atoms with E-state index < -0.39 is 0 Å². The quantitative estimate of drug-likeness (QED) is 0.239. The van der Waals surface area contributed by atoms with Crippen LogP contribution in [0.25, 0.3) is 11.3 Å². The lowest BCUT2D eigenvalue weighted by Crippen LogP contribution is -2.21. The van der Waals surface area contributed by atoms with Gasteiger partial charge in [-0.3, -0.25) is 4.90 Å². The molecular formula is C26H22Cl4N4O. The Balaban J connectivity index is 1.28. The second-order valence-corrected chi connectivity index (χ2v) is 10.3. The van der Waals surface area contributed by atoms with Crippen molar-refractivity contribution in [2.75, 3.05) is 13.1 Å². The third kappa shape index (κ3) is 5.93. The van der Waals surface area contributed by atoms with E-state index in [1.165, 1.54) is 5.56 Å². The number of benzene rings is 3. The van der Waals surface area contributed by atoms with Crippen molar-refractivity contribution in [3.05, 3.63) is 98.1 Å². The molecule has 1 aliphatic rings. The Hall–Kier alpha value is -2.28. The molecule has 1 fully saturated rings. The highest BCUT2D eigenvalue weighted by atomic mass is 35.5. The van der Waals surface area contributed by atoms with Gasteiger partial charge in [0.1, 0.15) is 18.1 Å². The fourth-order valence-electron chi connectivity index (χ4n) is 4.22. The van der Waals surface area contributed by atoms with Crippen LogP contribution in [0.3, 0.4) is 0 Å². The molecular weight excluding hydrogens is 526 g/mol. The summed E-state index contributed by atoms with van der Waals surface area (Å²) in [7, 11) is 0. The standard InChI is InChI=1S/C26H22Cl4N4O/c27-19-4-1-17(2-5-19)13-33-10-9-21(14-33)34-15-25(31-32-34)22-12-20(28)6-8-26(22)35-16-18-3-7-23(29)24(30)11-18/h1-8,11-12,15,21H,9-10,13-14,16H2. The summed E-state index contributed by atoms with van der Waals surface area (Å²) in [5.74, 6) is 0.670. The van der Waals surface area contributed by atoms with Crippen LogP contribution in [0.15, 0.2) is 66.9 Å². The van der Waals surface area contributed by atoms with E-state index in [4.69, 9.17) is 51.1 Å². The van der Waals surface area contributed by atoms with Crippen molar-refractivity contribution in [3.63, 3.8) is 0 Å². The Bertz CT molecular complexity index is 1330. The number of hydrogen-bond donors (Lipinski definition) is 0. The fraction of sp³-hybridized carbons (Fsp3) is 0.231. The van der Waals surface area contributed by atoms with Crippen LogP contribution in [-0.4, -0.2) is 33.0 Å². The largest absolute Gasteiger partial charge is 0.488 e. The topological polar surface area (TPSA) is 43.2 Å². The van der Waals surface area contributed by atoms with Crippen molar-refractivity contribution < 1.29 is 4.74 Å². The number of nitrogens with zero attached hydrogens (tertiary/aromatic N) is 4. The van der Waals surface area contributed by atoms with E-state index in [0.29, 0.717) is 33.1 Å². The molecule has 1 atom stereocenters. The van der Waals surface area contributed by atoms with Crippen LogP contribution in [0, 0.1) is 0 Å². The van der Waals surface area contributed by atoms with Crippen molar-refractivity contribution in [1.29, 1.82) is 0 Å². The van der Waals surface area contributed by atoms with E-state index in [1.807, 2.05) is 41.2 Å². The van der Waals surface area contributed by atoms with Gasteiger partial charge in [-0.15, -0.1) is 5.10 Å². The average molecular weight is 548 g/mol. The van der Waals surface area contributed by atoms with Gasteiger partial charge in [0.2, 0.25) is 0 Å². The minimum Gasteiger partial charge on any atom is -0.488 e. The summed E-state index contributed by atoms with van der Waals surface area (Å²) >= 11 is 24.5. The number of rotatable bonds is 7. The molecule has 0 bridgehead atoms. The maximum absolute atomic E-state index is 6.30. The van der Waals surface area contributed by atoms with E-state index >= 15 is 0 Å². The van der Waals surface area contributed by atoms with Crippen LogP contribution in [-0.2, 0) is 13.2 Å². The molecule has 0 N–H and O–H groups in total. The van der Waals surface area contributed by atoms with E-state index in [2.05, 4.69) is 27.3 Å². The Kier molecular flexibility index (Phi) is 7.51. The molecule has 1 aromatic heterocycles. The van der Waals surface area contributed by atoms with Crippen molar-refractivity contribution in [2.45, 2.75) is 25.6 Å². The zero-order chi connectivity index (χ0) is 24.4. The predicted molar refractivity (Wildman–Crippen MR) is 142 cm³/mol. The van der Waals surface area contributed by atoms with Gasteiger partial charge in [0.15, 0.2) is 0 Å². The molecule has 1 unspecified atom stereocenters. The van der Waals surface area contributed by atoms with Gasteiger partial charge < -0.3 is 4.74 Å². The highest BCUT2D eigenvalue weighted by molar-refractivity contribution is 6.42. The summed E-state index contributed by atoms with van der Waals surface area (Å²) in [4.78, 5) is 2.42. The molecule has 1 saturated heterocycles. The molecule has 0 spiro atoms. The fourth-order valence-corrected chi connectivity index (χ4v) is 4.84. The van der Waals surface area contributed by atoms with Gasteiger partial charge in [-0.05, 0) is 60.0 Å². The molecule has 1 aliphatic heterocycles. The van der Waals surface area contributed by atoms with Crippen LogP contribution in [0.2, 0.25) is 20.1 Å². The minimum absolute atomic E-state index is 0.253. The van der Waals surface area contributed by atoms with Crippen LogP contribution < -0.4 is 4.74 Å². The highest BCUT2D eigenvalue weighted by Crippen LogP contribution is 2.33. The molecule has 0 saturated carbocycles. The first kappa shape index (κ1) is 24.4. The number of aromatic nitrogens is 3. The highest BCUT2D eigenvalue weighted by Gasteiger charge is 2.25. The third-order valence-electron chi connectivity index (χ3n) is 6.05. The maximum Gasteiger partial charge on any atom is 0.129 e. The smallest absolute Gasteiger partial charge is 0.129 e. The van der Waals surface area contributed by atoms with Gasteiger partial charge in [-0.25, -0.2) is 4.68 Å². The van der Waals surface area contributed by atoms with Crippen molar-refractivity contribution in [1.82, 2.24) is 19.9 Å². The molecule has 180 valence electrons. The first-order chi connectivity index (χ1) is 16.9. The number of likely N-dealkylation sites (tertiary alicyclic amines) is 1. The maximum atomic E-state index is 6.30. The van der Waals surface area contributed by atoms with Crippen molar-refractivity contribution >= 4 is 46.4 Å². The zero-order valence-electron chi connectivity index (χ0n) is 18.7. The minimum atomic E-state index is 0.253. The molecule has 5 rings (SSSR count). The van der Waals surface area contributed by atoms with E-state index in [1.54, 1.807) is 18.2 Å². The van der Waals surface area contributed by atoms with Gasteiger partial charge in [0.05, 0.1) is 22.3 Å². The average Bonchev–Trinajstić information content (AvgIpc) is 3.52. The SMILES string of the molecule is Clc1ccc(CN2CCC(n3cc(-c4cc(Cl)ccc4OCc4ccc(Cl)c(Cl)c4)nn3)C2)cc1. The summed E-state index contributed by atoms with van der Waals surface area (Å²) < 4.78 is 8.04. The Morgan fingerprint density at radius 1 is 0.857 bits per heavy atom. The van der Waals surface area contributed by atoms with Gasteiger partial charge in [-0.1, -0.05) is 69.8 Å². The molecule has 0 aliphatic carbocycles. The van der Waals surface area contributed by atoms with Gasteiger partial charge in [-0.2, -0.15) is 0 Å². The van der Waals surface area contributed by atoms with Gasteiger partial charge in [0, 0.05) is 35.2 Å². The Morgan fingerprint density at radius 3 is 2.43 bits per heavy atom. The monoisotopic (exact) mass is 546 g/mol. The summed E-state index contributed by atoms with van der Waals surface area (Å²) in [6.45, 7) is 3.12. The van der Waals surface area contributed by atoms with E-state index in [0.717, 1.165) is 42.2 Å². The number of halogens is 4. The lowest BCUT2D eigenvalue weighted by Gasteiger charge is -2.16. The normalized spacial score (nSPS) is 16.1. The molecule has 4 aromatic rings. The first-order valence-electron chi connectivity index (χ1n) is 11.2. The summed E-state index contributed by atoms with van der Waals surface area (Å²) in [5, 5.41) is 11.2. The van der Waals surface area contributed by atoms with Crippen molar-refractivity contribution in [2.24, 2.45) is 0 Å². The zero-order valence-corrected chi connectivity index (χ0v) is 21.7. The van der Waals surface area contributed by atoms with Crippen LogP contribution >= 0.6 is 46.4 Å². The van der Waals surface area contributed by atoms with E-state index in [-0.39, 0.29) is 6.04 Å². The summed E-state index contributed by atoms with van der Waals surface area (Å²) in [5.41, 5.74) is 3.67. The lowest BCUT2D eigenvalue weighted by molar-refractivity contribution is 0.307. The summed E-state index contributed by atoms with van der Waals surface area (Å²) in [6, 6.07) is 19.2. The molecule has 3 aromatic carbocycles. The second kappa shape index (κ2) is 10.8. The van der Waals surface area contributed by atoms with Crippen LogP contribution in [0.5, 0.6) is 5.75 Å². The van der Waals surface area contributed by atoms with Crippen molar-refractivity contribution in [3.8, 4) is 17.0 Å². The predicted octanol–water partition coefficient (Wildman–Crippen LogP) is 7.58. The Labute approximate surface area is 224 Å². The van der Waals surface area contributed by atoms with Gasteiger partial charge >= 0.3 is 0 Å².